The van der Waals surface area contributed by atoms with E-state index in [4.69, 9.17) is 4.42 Å². The van der Waals surface area contributed by atoms with Crippen molar-refractivity contribution in [1.29, 1.82) is 0 Å². The van der Waals surface area contributed by atoms with Crippen molar-refractivity contribution in [3.05, 3.63) is 50.7 Å². The van der Waals surface area contributed by atoms with Crippen LogP contribution in [0.1, 0.15) is 11.5 Å². The summed E-state index contributed by atoms with van der Waals surface area (Å²) in [7, 11) is -4.04. The highest BCUT2D eigenvalue weighted by molar-refractivity contribution is 7.89. The molecule has 2 aromatic rings. The normalized spacial score (nSPS) is 11.6. The van der Waals surface area contributed by atoms with Crippen LogP contribution in [-0.4, -0.2) is 18.4 Å². The Hall–Kier alpha value is -2.13. The highest BCUT2D eigenvalue weighted by Gasteiger charge is 2.22. The van der Waals surface area contributed by atoms with Gasteiger partial charge in [0, 0.05) is 5.69 Å². The van der Waals surface area contributed by atoms with Crippen molar-refractivity contribution in [2.75, 3.05) is 0 Å². The van der Waals surface area contributed by atoms with Crippen molar-refractivity contribution in [3.8, 4) is 0 Å². The summed E-state index contributed by atoms with van der Waals surface area (Å²) < 4.78 is 31.2. The summed E-state index contributed by atoms with van der Waals surface area (Å²) in [5.41, 5.74) is -1.75. The van der Waals surface area contributed by atoms with Crippen molar-refractivity contribution in [2.24, 2.45) is 0 Å². The topological polar surface area (TPSA) is 125 Å². The molecule has 19 heavy (non-hydrogen) atoms. The molecule has 102 valence electrons. The number of H-pyrrole nitrogens is 2. The molecular weight excluding hydrogens is 274 g/mol. The maximum atomic E-state index is 12.0. The van der Waals surface area contributed by atoms with E-state index in [0.29, 0.717) is 5.76 Å². The Kier molecular flexibility index (Phi) is 3.40. The summed E-state index contributed by atoms with van der Waals surface area (Å²) in [6, 6.07) is 3.20. The lowest BCUT2D eigenvalue weighted by molar-refractivity contribution is 0.498. The molecule has 0 unspecified atom stereocenters. The Morgan fingerprint density at radius 1 is 1.32 bits per heavy atom. The lowest BCUT2D eigenvalue weighted by Gasteiger charge is -2.06. The highest BCUT2D eigenvalue weighted by atomic mass is 32.2. The number of furan rings is 1. The molecule has 0 aliphatic heterocycles. The van der Waals surface area contributed by atoms with Gasteiger partial charge in [-0.05, 0) is 19.1 Å². The first-order valence-electron chi connectivity index (χ1n) is 5.25. The molecule has 0 aliphatic carbocycles. The summed E-state index contributed by atoms with van der Waals surface area (Å²) in [6.45, 7) is 1.24. The van der Waals surface area contributed by atoms with Gasteiger partial charge in [0.25, 0.3) is 5.56 Å². The van der Waals surface area contributed by atoms with Crippen molar-refractivity contribution < 1.29 is 12.8 Å². The maximum absolute atomic E-state index is 12.0. The van der Waals surface area contributed by atoms with E-state index in [-0.39, 0.29) is 12.2 Å². The molecule has 0 aliphatic rings. The van der Waals surface area contributed by atoms with E-state index in [1.54, 1.807) is 12.1 Å². The van der Waals surface area contributed by atoms with E-state index in [1.165, 1.54) is 13.2 Å². The van der Waals surface area contributed by atoms with E-state index in [9.17, 15) is 18.0 Å². The molecule has 2 aromatic heterocycles. The molecule has 3 N–H and O–H groups in total. The van der Waals surface area contributed by atoms with Crippen molar-refractivity contribution in [2.45, 2.75) is 18.4 Å². The smallest absolute Gasteiger partial charge is 0.325 e. The first-order valence-corrected chi connectivity index (χ1v) is 6.74. The summed E-state index contributed by atoms with van der Waals surface area (Å²) in [6.07, 6.45) is 1.40. The van der Waals surface area contributed by atoms with Gasteiger partial charge in [0.15, 0.2) is 4.90 Å². The van der Waals surface area contributed by atoms with Gasteiger partial charge in [-0.3, -0.25) is 9.78 Å². The van der Waals surface area contributed by atoms with Crippen LogP contribution < -0.4 is 16.0 Å². The number of nitrogens with one attached hydrogen (secondary N) is 3. The minimum Gasteiger partial charge on any atom is -0.468 e. The van der Waals surface area contributed by atoms with E-state index < -0.39 is 26.2 Å². The Bertz CT molecular complexity index is 785. The van der Waals surface area contributed by atoms with Crippen LogP contribution in [0.5, 0.6) is 0 Å². The van der Waals surface area contributed by atoms with Gasteiger partial charge in [-0.25, -0.2) is 17.9 Å². The first-order chi connectivity index (χ1) is 8.90. The summed E-state index contributed by atoms with van der Waals surface area (Å²) in [5.74, 6) is 0.405. The van der Waals surface area contributed by atoms with Crippen LogP contribution in [0.15, 0.2) is 37.3 Å². The molecule has 0 radical (unpaired) electrons. The van der Waals surface area contributed by atoms with Crippen LogP contribution >= 0.6 is 0 Å². The second kappa shape index (κ2) is 4.86. The minimum atomic E-state index is -4.04. The second-order valence-corrected chi connectivity index (χ2v) is 5.47. The SMILES string of the molecule is Cc1[nH]c(=O)[nH]c(=O)c1S(=O)(=O)NCc1ccco1. The quantitative estimate of drug-likeness (QED) is 0.694. The van der Waals surface area contributed by atoms with Crippen LogP contribution in [0.3, 0.4) is 0 Å². The standard InChI is InChI=1S/C10H11N3O5S/c1-6-8(9(14)13-10(15)12-6)19(16,17)11-5-7-3-2-4-18-7/h2-4,11H,5H2,1H3,(H2,12,13,14,15). The van der Waals surface area contributed by atoms with Gasteiger partial charge < -0.3 is 9.40 Å². The molecule has 0 atom stereocenters. The number of hydrogen-bond acceptors (Lipinski definition) is 5. The van der Waals surface area contributed by atoms with Gasteiger partial charge in [0.1, 0.15) is 5.76 Å². The first kappa shape index (κ1) is 13.3. The molecule has 2 heterocycles. The molecule has 0 saturated carbocycles. The molecule has 0 amide bonds. The van der Waals surface area contributed by atoms with Crippen LogP contribution in [0.2, 0.25) is 0 Å². The van der Waals surface area contributed by atoms with Crippen molar-refractivity contribution in [1.82, 2.24) is 14.7 Å². The summed E-state index contributed by atoms with van der Waals surface area (Å²) in [4.78, 5) is 26.1. The average molecular weight is 285 g/mol. The van der Waals surface area contributed by atoms with Gasteiger partial charge in [-0.1, -0.05) is 0 Å². The van der Waals surface area contributed by atoms with Crippen LogP contribution in [0, 0.1) is 6.92 Å². The Morgan fingerprint density at radius 2 is 2.05 bits per heavy atom. The van der Waals surface area contributed by atoms with Gasteiger partial charge in [-0.15, -0.1) is 0 Å². The lowest BCUT2D eigenvalue weighted by atomic mass is 10.4. The van der Waals surface area contributed by atoms with Gasteiger partial charge in [0.2, 0.25) is 10.0 Å². The number of hydrogen-bond donors (Lipinski definition) is 3. The maximum Gasteiger partial charge on any atom is 0.325 e. The number of aromatic nitrogens is 2. The minimum absolute atomic E-state index is 0.0271. The van der Waals surface area contributed by atoms with Gasteiger partial charge in [-0.2, -0.15) is 0 Å². The number of sulfonamides is 1. The third-order valence-corrected chi connectivity index (χ3v) is 3.91. The zero-order valence-corrected chi connectivity index (χ0v) is 10.7. The zero-order valence-electron chi connectivity index (χ0n) is 9.89. The monoisotopic (exact) mass is 285 g/mol. The predicted molar refractivity (Wildman–Crippen MR) is 65.2 cm³/mol. The molecule has 9 heteroatoms. The largest absolute Gasteiger partial charge is 0.468 e. The Morgan fingerprint density at radius 3 is 2.63 bits per heavy atom. The third-order valence-electron chi connectivity index (χ3n) is 2.36. The lowest BCUT2D eigenvalue weighted by Crippen LogP contribution is -2.34. The number of aromatic amines is 2. The third kappa shape index (κ3) is 2.83. The van der Waals surface area contributed by atoms with Crippen LogP contribution in [-0.2, 0) is 16.6 Å². The van der Waals surface area contributed by atoms with Gasteiger partial charge >= 0.3 is 5.69 Å². The van der Waals surface area contributed by atoms with Crippen LogP contribution in [0.4, 0.5) is 0 Å². The molecule has 0 fully saturated rings. The zero-order chi connectivity index (χ0) is 14.0. The fourth-order valence-corrected chi connectivity index (χ4v) is 2.79. The fourth-order valence-electron chi connectivity index (χ4n) is 1.56. The van der Waals surface area contributed by atoms with Crippen molar-refractivity contribution >= 4 is 10.0 Å². The van der Waals surface area contributed by atoms with Crippen molar-refractivity contribution in [3.63, 3.8) is 0 Å². The predicted octanol–water partition coefficient (Wildman–Crippen LogP) is -0.557. The molecule has 0 bridgehead atoms. The summed E-state index contributed by atoms with van der Waals surface area (Å²) in [5, 5.41) is 0. The van der Waals surface area contributed by atoms with Gasteiger partial charge in [0.05, 0.1) is 12.8 Å². The fraction of sp³-hybridized carbons (Fsp3) is 0.200. The molecule has 0 saturated heterocycles. The molecular formula is C10H11N3O5S. The molecule has 8 nitrogen and oxygen atoms in total. The van der Waals surface area contributed by atoms with E-state index in [0.717, 1.165) is 0 Å². The van der Waals surface area contributed by atoms with Crippen LogP contribution in [0.25, 0.3) is 0 Å². The summed E-state index contributed by atoms with van der Waals surface area (Å²) >= 11 is 0. The Balaban J connectivity index is 2.35. The number of aryl methyl sites for hydroxylation is 1. The molecule has 2 rings (SSSR count). The number of rotatable bonds is 4. The molecule has 0 aromatic carbocycles. The van der Waals surface area contributed by atoms with E-state index >= 15 is 0 Å². The average Bonchev–Trinajstić information content (AvgIpc) is 2.77. The second-order valence-electron chi connectivity index (χ2n) is 3.77. The molecule has 0 spiro atoms. The Labute approximate surface area is 107 Å². The van der Waals surface area contributed by atoms with E-state index in [1.807, 2.05) is 4.98 Å². The highest BCUT2D eigenvalue weighted by Crippen LogP contribution is 2.07. The van der Waals surface area contributed by atoms with E-state index in [2.05, 4.69) is 9.71 Å².